The number of hydrogen-bond donors (Lipinski definition) is 2. The first kappa shape index (κ1) is 18.8. The molecule has 0 spiro atoms. The van der Waals surface area contributed by atoms with Gasteiger partial charge in [0.1, 0.15) is 0 Å². The van der Waals surface area contributed by atoms with E-state index in [1.54, 1.807) is 36.0 Å². The predicted molar refractivity (Wildman–Crippen MR) is 108 cm³/mol. The van der Waals surface area contributed by atoms with Crippen LogP contribution in [0.5, 0.6) is 0 Å². The second-order valence-corrected chi connectivity index (χ2v) is 7.20. The highest BCUT2D eigenvalue weighted by molar-refractivity contribution is 7.99. The highest BCUT2D eigenvalue weighted by atomic mass is 35.5. The maximum absolute atomic E-state index is 12.8. The first-order valence-corrected chi connectivity index (χ1v) is 9.50. The van der Waals surface area contributed by atoms with E-state index in [1.807, 2.05) is 23.1 Å². The van der Waals surface area contributed by atoms with Gasteiger partial charge in [-0.05, 0) is 42.3 Å². The minimum atomic E-state index is -0.146. The Morgan fingerprint density at radius 2 is 1.88 bits per heavy atom. The smallest absolute Gasteiger partial charge is 0.258 e. The molecule has 26 heavy (non-hydrogen) atoms. The van der Waals surface area contributed by atoms with Crippen molar-refractivity contribution in [2.45, 2.75) is 12.5 Å². The Hall–Kier alpha value is -2.02. The molecule has 0 saturated carbocycles. The Labute approximate surface area is 162 Å². The lowest BCUT2D eigenvalue weighted by Gasteiger charge is -2.17. The number of anilines is 2. The van der Waals surface area contributed by atoms with E-state index < -0.39 is 0 Å². The lowest BCUT2D eigenvalue weighted by atomic mass is 10.1. The fourth-order valence-corrected chi connectivity index (χ4v) is 4.14. The maximum atomic E-state index is 12.8. The lowest BCUT2D eigenvalue weighted by Crippen LogP contribution is -2.37. The summed E-state index contributed by atoms with van der Waals surface area (Å²) in [4.78, 5) is 26.7. The Morgan fingerprint density at radius 3 is 2.62 bits per heavy atom. The van der Waals surface area contributed by atoms with Gasteiger partial charge in [-0.15, -0.1) is 24.2 Å². The number of rotatable bonds is 3. The molecule has 0 aromatic heterocycles. The van der Waals surface area contributed by atoms with Gasteiger partial charge in [-0.1, -0.05) is 18.2 Å². The molecular formula is C19H20ClN3O2S. The van der Waals surface area contributed by atoms with Crippen molar-refractivity contribution in [3.8, 4) is 0 Å². The number of hydrogen-bond acceptors (Lipinski definition) is 4. The van der Waals surface area contributed by atoms with Gasteiger partial charge in [0.15, 0.2) is 0 Å². The Kier molecular flexibility index (Phi) is 5.86. The summed E-state index contributed by atoms with van der Waals surface area (Å²) in [5.41, 5.74) is 3.54. The van der Waals surface area contributed by atoms with Crippen molar-refractivity contribution >= 4 is 47.4 Å². The molecule has 1 unspecified atom stereocenters. The van der Waals surface area contributed by atoms with Crippen LogP contribution in [-0.2, 0) is 11.2 Å². The van der Waals surface area contributed by atoms with E-state index in [4.69, 9.17) is 0 Å². The summed E-state index contributed by atoms with van der Waals surface area (Å²) in [6.45, 7) is 0.710. The third kappa shape index (κ3) is 3.72. The summed E-state index contributed by atoms with van der Waals surface area (Å²) in [5, 5.41) is 6.04. The molecule has 2 N–H and O–H groups in total. The van der Waals surface area contributed by atoms with Crippen LogP contribution in [0.4, 0.5) is 11.4 Å². The zero-order valence-corrected chi connectivity index (χ0v) is 15.7. The molecule has 0 bridgehead atoms. The topological polar surface area (TPSA) is 61.4 Å². The van der Waals surface area contributed by atoms with Crippen LogP contribution in [0.15, 0.2) is 48.5 Å². The quantitative estimate of drug-likeness (QED) is 0.847. The largest absolute Gasteiger partial charge is 0.325 e. The van der Waals surface area contributed by atoms with Crippen LogP contribution in [0.2, 0.25) is 0 Å². The maximum Gasteiger partial charge on any atom is 0.258 e. The molecule has 7 heteroatoms. The van der Waals surface area contributed by atoms with Crippen LogP contribution < -0.4 is 15.5 Å². The Morgan fingerprint density at radius 1 is 1.12 bits per heavy atom. The van der Waals surface area contributed by atoms with Crippen molar-refractivity contribution in [2.75, 3.05) is 28.4 Å². The van der Waals surface area contributed by atoms with Gasteiger partial charge in [-0.25, -0.2) is 0 Å². The normalized spacial score (nSPS) is 18.2. The average Bonchev–Trinajstić information content (AvgIpc) is 3.32. The number of nitrogens with one attached hydrogen (secondary N) is 2. The van der Waals surface area contributed by atoms with Crippen molar-refractivity contribution in [3.05, 3.63) is 59.7 Å². The minimum absolute atomic E-state index is 0. The van der Waals surface area contributed by atoms with E-state index in [0.717, 1.165) is 23.7 Å². The molecule has 2 heterocycles. The Balaban J connectivity index is 0.00000196. The zero-order valence-electron chi connectivity index (χ0n) is 14.1. The van der Waals surface area contributed by atoms with Crippen molar-refractivity contribution in [3.63, 3.8) is 0 Å². The van der Waals surface area contributed by atoms with Crippen LogP contribution in [0.1, 0.15) is 15.9 Å². The number of thioether (sulfide) groups is 1. The van der Waals surface area contributed by atoms with Crippen LogP contribution in [0.25, 0.3) is 0 Å². The first-order chi connectivity index (χ1) is 12.2. The Bertz CT molecular complexity index is 807. The van der Waals surface area contributed by atoms with Gasteiger partial charge >= 0.3 is 0 Å². The van der Waals surface area contributed by atoms with Crippen LogP contribution in [-0.4, -0.2) is 36.0 Å². The van der Waals surface area contributed by atoms with Gasteiger partial charge in [0, 0.05) is 35.1 Å². The number of amides is 2. The molecule has 4 rings (SSSR count). The molecule has 2 amide bonds. The summed E-state index contributed by atoms with van der Waals surface area (Å²) >= 11 is 1.71. The third-order valence-electron chi connectivity index (χ3n) is 4.56. The molecule has 0 aliphatic carbocycles. The van der Waals surface area contributed by atoms with Gasteiger partial charge in [-0.3, -0.25) is 14.9 Å². The van der Waals surface area contributed by atoms with Crippen LogP contribution >= 0.6 is 24.2 Å². The van der Waals surface area contributed by atoms with Crippen molar-refractivity contribution in [1.82, 2.24) is 5.32 Å². The van der Waals surface area contributed by atoms with Gasteiger partial charge in [0.2, 0.25) is 5.91 Å². The number of carbonyl (C=O) groups excluding carboxylic acids is 2. The van der Waals surface area contributed by atoms with Gasteiger partial charge < -0.3 is 10.2 Å². The third-order valence-corrected chi connectivity index (χ3v) is 5.50. The fourth-order valence-electron chi connectivity index (χ4n) is 3.19. The minimum Gasteiger partial charge on any atom is -0.325 e. The molecule has 2 aromatic carbocycles. The number of para-hydroxylation sites is 1. The summed E-state index contributed by atoms with van der Waals surface area (Å²) in [6.07, 6.45) is 0.891. The van der Waals surface area contributed by atoms with E-state index >= 15 is 0 Å². The summed E-state index contributed by atoms with van der Waals surface area (Å²) in [6, 6.07) is 15.0. The van der Waals surface area contributed by atoms with E-state index in [1.165, 1.54) is 5.56 Å². The van der Waals surface area contributed by atoms with Crippen molar-refractivity contribution in [2.24, 2.45) is 0 Å². The van der Waals surface area contributed by atoms with E-state index in [2.05, 4.69) is 16.7 Å². The standard InChI is InChI=1S/C19H19N3O2S.ClH/c23-18(16-11-25-12-20-16)21-15-7-5-14(6-8-15)19(24)22-10-9-13-3-1-2-4-17(13)22;/h1-8,16,20H,9-12H2,(H,21,23);1H. The van der Waals surface area contributed by atoms with Gasteiger partial charge in [0.05, 0.1) is 6.04 Å². The number of nitrogens with zero attached hydrogens (tertiary/aromatic N) is 1. The molecule has 2 aromatic rings. The molecule has 1 fully saturated rings. The second-order valence-electron chi connectivity index (χ2n) is 6.17. The molecular weight excluding hydrogens is 370 g/mol. The van der Waals surface area contributed by atoms with Crippen LogP contribution in [0, 0.1) is 0 Å². The predicted octanol–water partition coefficient (Wildman–Crippen LogP) is 2.91. The number of carbonyl (C=O) groups is 2. The van der Waals surface area contributed by atoms with Crippen molar-refractivity contribution in [1.29, 1.82) is 0 Å². The van der Waals surface area contributed by atoms with Crippen molar-refractivity contribution < 1.29 is 9.59 Å². The number of fused-ring (bicyclic) bond motifs is 1. The monoisotopic (exact) mass is 389 g/mol. The molecule has 0 radical (unpaired) electrons. The molecule has 5 nitrogen and oxygen atoms in total. The van der Waals surface area contributed by atoms with E-state index in [-0.39, 0.29) is 30.3 Å². The summed E-state index contributed by atoms with van der Waals surface area (Å²) in [5.74, 6) is 1.56. The second kappa shape index (κ2) is 8.12. The van der Waals surface area contributed by atoms with Gasteiger partial charge in [-0.2, -0.15) is 0 Å². The molecule has 1 saturated heterocycles. The summed E-state index contributed by atoms with van der Waals surface area (Å²) < 4.78 is 0. The SMILES string of the molecule is Cl.O=C(Nc1ccc(C(=O)N2CCc3ccccc32)cc1)C1CSCN1. The fraction of sp³-hybridized carbons (Fsp3) is 0.263. The lowest BCUT2D eigenvalue weighted by molar-refractivity contribution is -0.117. The number of benzene rings is 2. The average molecular weight is 390 g/mol. The highest BCUT2D eigenvalue weighted by Crippen LogP contribution is 2.29. The molecule has 2 aliphatic rings. The molecule has 136 valence electrons. The van der Waals surface area contributed by atoms with E-state index in [9.17, 15) is 9.59 Å². The highest BCUT2D eigenvalue weighted by Gasteiger charge is 2.25. The zero-order chi connectivity index (χ0) is 17.2. The summed E-state index contributed by atoms with van der Waals surface area (Å²) in [7, 11) is 0. The number of halogens is 1. The van der Waals surface area contributed by atoms with E-state index in [0.29, 0.717) is 17.8 Å². The molecule has 1 atom stereocenters. The first-order valence-electron chi connectivity index (χ1n) is 8.34. The molecule has 2 aliphatic heterocycles. The van der Waals surface area contributed by atoms with Gasteiger partial charge in [0.25, 0.3) is 5.91 Å². The van der Waals surface area contributed by atoms with Crippen LogP contribution in [0.3, 0.4) is 0 Å².